The van der Waals surface area contributed by atoms with E-state index in [-0.39, 0.29) is 11.6 Å². The van der Waals surface area contributed by atoms with E-state index in [4.69, 9.17) is 10.6 Å². The lowest BCUT2D eigenvalue weighted by molar-refractivity contribution is -0.0355. The summed E-state index contributed by atoms with van der Waals surface area (Å²) in [6.07, 6.45) is 9.49. The number of aryl methyl sites for hydroxylation is 1. The zero-order valence-corrected chi connectivity index (χ0v) is 11.4. The Balaban J connectivity index is 2.08. The molecule has 1 aliphatic carbocycles. The first-order chi connectivity index (χ1) is 8.74. The van der Waals surface area contributed by atoms with Crippen molar-refractivity contribution in [3.8, 4) is 0 Å². The van der Waals surface area contributed by atoms with Crippen LogP contribution in [-0.4, -0.2) is 28.5 Å². The standard InChI is InChI=1S/C13H24N4O/c1-3-17-10-11(9-15-17)8-12(16-14)13(18-2)6-4-5-7-13/h9-10,12,16H,3-8,14H2,1-2H3. The summed E-state index contributed by atoms with van der Waals surface area (Å²) in [4.78, 5) is 0. The van der Waals surface area contributed by atoms with Crippen LogP contribution >= 0.6 is 0 Å². The Labute approximate surface area is 109 Å². The first-order valence-corrected chi connectivity index (χ1v) is 6.76. The van der Waals surface area contributed by atoms with Gasteiger partial charge in [-0.3, -0.25) is 16.0 Å². The van der Waals surface area contributed by atoms with Gasteiger partial charge in [-0.05, 0) is 31.7 Å². The molecule has 0 bridgehead atoms. The Bertz CT molecular complexity index is 371. The molecule has 0 spiro atoms. The molecule has 0 aliphatic heterocycles. The number of hydrogen-bond acceptors (Lipinski definition) is 4. The highest BCUT2D eigenvalue weighted by Gasteiger charge is 2.41. The van der Waals surface area contributed by atoms with Crippen molar-refractivity contribution < 1.29 is 4.74 Å². The smallest absolute Gasteiger partial charge is 0.0847 e. The van der Waals surface area contributed by atoms with Crippen molar-refractivity contribution in [2.24, 2.45) is 5.84 Å². The number of aromatic nitrogens is 2. The first-order valence-electron chi connectivity index (χ1n) is 6.76. The maximum absolute atomic E-state index is 5.79. The summed E-state index contributed by atoms with van der Waals surface area (Å²) in [7, 11) is 1.80. The number of methoxy groups -OCH3 is 1. The molecule has 1 saturated carbocycles. The van der Waals surface area contributed by atoms with Crippen LogP contribution in [-0.2, 0) is 17.7 Å². The number of nitrogens with one attached hydrogen (secondary N) is 1. The first kappa shape index (κ1) is 13.5. The Hall–Kier alpha value is -0.910. The van der Waals surface area contributed by atoms with E-state index < -0.39 is 0 Å². The monoisotopic (exact) mass is 252 g/mol. The average molecular weight is 252 g/mol. The normalized spacial score (nSPS) is 20.2. The molecule has 1 aromatic heterocycles. The van der Waals surface area contributed by atoms with E-state index in [2.05, 4.69) is 23.6 Å². The zero-order chi connectivity index (χ0) is 13.0. The fourth-order valence-electron chi connectivity index (χ4n) is 2.99. The molecule has 0 aromatic carbocycles. The van der Waals surface area contributed by atoms with Crippen LogP contribution in [0.1, 0.15) is 38.2 Å². The number of ether oxygens (including phenoxy) is 1. The van der Waals surface area contributed by atoms with Crippen molar-refractivity contribution in [3.63, 3.8) is 0 Å². The summed E-state index contributed by atoms with van der Waals surface area (Å²) in [5.41, 5.74) is 4.05. The highest BCUT2D eigenvalue weighted by atomic mass is 16.5. The van der Waals surface area contributed by atoms with E-state index >= 15 is 0 Å². The van der Waals surface area contributed by atoms with Crippen LogP contribution < -0.4 is 11.3 Å². The van der Waals surface area contributed by atoms with Crippen LogP contribution in [0.15, 0.2) is 12.4 Å². The maximum atomic E-state index is 5.79. The summed E-state index contributed by atoms with van der Waals surface area (Å²) >= 11 is 0. The van der Waals surface area contributed by atoms with Gasteiger partial charge in [0, 0.05) is 19.9 Å². The third kappa shape index (κ3) is 2.58. The van der Waals surface area contributed by atoms with E-state index in [0.717, 1.165) is 25.8 Å². The quantitative estimate of drug-likeness (QED) is 0.590. The van der Waals surface area contributed by atoms with Gasteiger partial charge in [0.2, 0.25) is 0 Å². The van der Waals surface area contributed by atoms with Gasteiger partial charge in [-0.15, -0.1) is 0 Å². The summed E-state index contributed by atoms with van der Waals surface area (Å²) in [5.74, 6) is 5.74. The lowest BCUT2D eigenvalue weighted by Crippen LogP contribution is -2.54. The number of hydrogen-bond donors (Lipinski definition) is 2. The molecule has 2 rings (SSSR count). The van der Waals surface area contributed by atoms with Gasteiger partial charge in [0.1, 0.15) is 0 Å². The fraction of sp³-hybridized carbons (Fsp3) is 0.769. The number of nitrogens with two attached hydrogens (primary N) is 1. The Morgan fingerprint density at radius 1 is 1.56 bits per heavy atom. The van der Waals surface area contributed by atoms with Gasteiger partial charge in [0.05, 0.1) is 17.8 Å². The molecule has 1 heterocycles. The highest BCUT2D eigenvalue weighted by molar-refractivity contribution is 5.10. The molecule has 1 aromatic rings. The van der Waals surface area contributed by atoms with Crippen molar-refractivity contribution >= 4 is 0 Å². The molecule has 1 fully saturated rings. The molecule has 0 radical (unpaired) electrons. The molecule has 3 N–H and O–H groups in total. The molecular weight excluding hydrogens is 228 g/mol. The van der Waals surface area contributed by atoms with Crippen LogP contribution in [0.2, 0.25) is 0 Å². The molecule has 1 aliphatic rings. The molecule has 18 heavy (non-hydrogen) atoms. The largest absolute Gasteiger partial charge is 0.377 e. The molecule has 5 heteroatoms. The molecule has 0 amide bonds. The second kappa shape index (κ2) is 5.82. The van der Waals surface area contributed by atoms with Crippen molar-refractivity contribution in [1.82, 2.24) is 15.2 Å². The Kier molecular flexibility index (Phi) is 4.37. The molecule has 5 nitrogen and oxygen atoms in total. The topological polar surface area (TPSA) is 65.1 Å². The zero-order valence-electron chi connectivity index (χ0n) is 11.4. The van der Waals surface area contributed by atoms with E-state index in [1.165, 1.54) is 18.4 Å². The minimum atomic E-state index is -0.108. The van der Waals surface area contributed by atoms with Gasteiger partial charge >= 0.3 is 0 Å². The lowest BCUT2D eigenvalue weighted by atomic mass is 9.88. The third-order valence-electron chi connectivity index (χ3n) is 4.14. The third-order valence-corrected chi connectivity index (χ3v) is 4.14. The van der Waals surface area contributed by atoms with Gasteiger partial charge in [0.25, 0.3) is 0 Å². The fourth-order valence-corrected chi connectivity index (χ4v) is 2.99. The molecular formula is C13H24N4O. The summed E-state index contributed by atoms with van der Waals surface area (Å²) in [6, 6.07) is 0.152. The van der Waals surface area contributed by atoms with Crippen LogP contribution in [0.25, 0.3) is 0 Å². The van der Waals surface area contributed by atoms with Gasteiger partial charge in [-0.1, -0.05) is 12.8 Å². The Morgan fingerprint density at radius 2 is 2.28 bits per heavy atom. The highest BCUT2D eigenvalue weighted by Crippen LogP contribution is 2.36. The second-order valence-corrected chi connectivity index (χ2v) is 5.10. The van der Waals surface area contributed by atoms with Crippen LogP contribution in [0, 0.1) is 0 Å². The van der Waals surface area contributed by atoms with Gasteiger partial charge in [0.15, 0.2) is 0 Å². The second-order valence-electron chi connectivity index (χ2n) is 5.10. The van der Waals surface area contributed by atoms with Crippen LogP contribution in [0.5, 0.6) is 0 Å². The van der Waals surface area contributed by atoms with E-state index in [0.29, 0.717) is 0 Å². The Morgan fingerprint density at radius 3 is 2.78 bits per heavy atom. The number of hydrazine groups is 1. The minimum absolute atomic E-state index is 0.108. The van der Waals surface area contributed by atoms with Crippen molar-refractivity contribution in [3.05, 3.63) is 18.0 Å². The predicted molar refractivity (Wildman–Crippen MR) is 70.9 cm³/mol. The van der Waals surface area contributed by atoms with E-state index in [1.54, 1.807) is 7.11 Å². The van der Waals surface area contributed by atoms with E-state index in [1.807, 2.05) is 10.9 Å². The molecule has 102 valence electrons. The van der Waals surface area contributed by atoms with Crippen molar-refractivity contribution in [2.45, 2.75) is 57.2 Å². The van der Waals surface area contributed by atoms with Crippen molar-refractivity contribution in [1.29, 1.82) is 0 Å². The van der Waals surface area contributed by atoms with Crippen LogP contribution in [0.4, 0.5) is 0 Å². The van der Waals surface area contributed by atoms with Crippen LogP contribution in [0.3, 0.4) is 0 Å². The SMILES string of the molecule is CCn1cc(CC(NN)C2(OC)CCCC2)cn1. The van der Waals surface area contributed by atoms with Gasteiger partial charge < -0.3 is 4.74 Å². The number of rotatable bonds is 6. The number of nitrogens with zero attached hydrogens (tertiary/aromatic N) is 2. The average Bonchev–Trinajstić information content (AvgIpc) is 3.05. The maximum Gasteiger partial charge on any atom is 0.0847 e. The van der Waals surface area contributed by atoms with Gasteiger partial charge in [-0.25, -0.2) is 0 Å². The van der Waals surface area contributed by atoms with Crippen molar-refractivity contribution in [2.75, 3.05) is 7.11 Å². The predicted octanol–water partition coefficient (Wildman–Crippen LogP) is 1.24. The summed E-state index contributed by atoms with van der Waals surface area (Å²) < 4.78 is 7.73. The van der Waals surface area contributed by atoms with Gasteiger partial charge in [-0.2, -0.15) is 5.10 Å². The van der Waals surface area contributed by atoms with E-state index in [9.17, 15) is 0 Å². The molecule has 0 saturated heterocycles. The minimum Gasteiger partial charge on any atom is -0.377 e. The lowest BCUT2D eigenvalue weighted by Gasteiger charge is -2.35. The molecule has 1 unspecified atom stereocenters. The summed E-state index contributed by atoms with van der Waals surface area (Å²) in [6.45, 7) is 2.99. The molecule has 1 atom stereocenters. The summed E-state index contributed by atoms with van der Waals surface area (Å²) in [5, 5.41) is 4.30.